The molecule has 2 fully saturated rings. The van der Waals surface area contributed by atoms with E-state index in [1.54, 1.807) is 6.42 Å². The molecule has 0 spiro atoms. The average molecular weight is 379 g/mol. The zero-order chi connectivity index (χ0) is 19.5. The molecule has 3 aliphatic rings. The van der Waals surface area contributed by atoms with Crippen molar-refractivity contribution in [3.05, 3.63) is 71.3 Å². The molecule has 1 amide bonds. The molecule has 0 radical (unpaired) electrons. The van der Waals surface area contributed by atoms with Crippen LogP contribution in [0.5, 0.6) is 0 Å². The summed E-state index contributed by atoms with van der Waals surface area (Å²) in [7, 11) is 2.24. The Hall–Kier alpha value is -2.33. The average Bonchev–Trinajstić information content (AvgIpc) is 3.50. The molecule has 0 bridgehead atoms. The summed E-state index contributed by atoms with van der Waals surface area (Å²) in [5, 5.41) is 9.42. The van der Waals surface area contributed by atoms with E-state index in [9.17, 15) is 9.90 Å². The number of nitrogens with zero attached hydrogens (tertiary/aromatic N) is 2. The molecule has 4 nitrogen and oxygen atoms in total. The van der Waals surface area contributed by atoms with Gasteiger partial charge in [0.2, 0.25) is 0 Å². The molecule has 148 valence electrons. The number of rotatable bonds is 1. The van der Waals surface area contributed by atoms with E-state index >= 15 is 0 Å². The van der Waals surface area contributed by atoms with Crippen molar-refractivity contribution in [2.45, 2.75) is 31.7 Å². The maximum absolute atomic E-state index is 11.5. The minimum Gasteiger partial charge on any atom is -0.465 e. The summed E-state index contributed by atoms with van der Waals surface area (Å²) in [6.07, 6.45) is 4.42. The highest BCUT2D eigenvalue weighted by molar-refractivity contribution is 5.67. The minimum absolute atomic E-state index is 0.191. The normalized spacial score (nSPS) is 26.2. The summed E-state index contributed by atoms with van der Waals surface area (Å²) in [5.74, 6) is 2.27. The molecule has 0 aromatic heterocycles. The monoisotopic (exact) mass is 378 g/mol. The number of hydrogen-bond donors (Lipinski definition) is 1. The SMILES string of the molecule is CN1CCC2CC2CC1.O=C(O)N1CCc2ccccc2[C@@H]1c1ccccc1. The lowest BCUT2D eigenvalue weighted by atomic mass is 9.88. The highest BCUT2D eigenvalue weighted by atomic mass is 16.4. The molecular formula is C24H30N2O2. The van der Waals surface area contributed by atoms with Crippen molar-refractivity contribution in [1.29, 1.82) is 0 Å². The molecule has 2 aromatic rings. The maximum Gasteiger partial charge on any atom is 0.408 e. The second kappa shape index (κ2) is 8.36. The molecule has 1 saturated carbocycles. The van der Waals surface area contributed by atoms with Gasteiger partial charge in [0.05, 0.1) is 6.04 Å². The number of carbonyl (C=O) groups is 1. The van der Waals surface area contributed by atoms with Gasteiger partial charge in [0.1, 0.15) is 0 Å². The van der Waals surface area contributed by atoms with E-state index in [1.807, 2.05) is 48.5 Å². The van der Waals surface area contributed by atoms with Crippen LogP contribution >= 0.6 is 0 Å². The van der Waals surface area contributed by atoms with Crippen molar-refractivity contribution in [1.82, 2.24) is 9.80 Å². The highest BCUT2D eigenvalue weighted by Crippen LogP contribution is 2.45. The Balaban J connectivity index is 0.000000177. The van der Waals surface area contributed by atoms with Crippen LogP contribution in [-0.2, 0) is 6.42 Å². The van der Waals surface area contributed by atoms with Crippen LogP contribution in [0, 0.1) is 11.8 Å². The van der Waals surface area contributed by atoms with Gasteiger partial charge >= 0.3 is 6.09 Å². The minimum atomic E-state index is -0.858. The van der Waals surface area contributed by atoms with E-state index in [-0.39, 0.29) is 6.04 Å². The van der Waals surface area contributed by atoms with E-state index in [0.29, 0.717) is 6.54 Å². The van der Waals surface area contributed by atoms with Gasteiger partial charge in [0.25, 0.3) is 0 Å². The van der Waals surface area contributed by atoms with Crippen molar-refractivity contribution < 1.29 is 9.90 Å². The summed E-state index contributed by atoms with van der Waals surface area (Å²) in [5.41, 5.74) is 3.37. The molecule has 1 N–H and O–H groups in total. The first kappa shape index (κ1) is 19.0. The predicted octanol–water partition coefficient (Wildman–Crippen LogP) is 4.66. The van der Waals surface area contributed by atoms with E-state index in [4.69, 9.17) is 0 Å². The number of likely N-dealkylation sites (tertiary alicyclic amines) is 1. The summed E-state index contributed by atoms with van der Waals surface area (Å²) in [4.78, 5) is 15.5. The third kappa shape index (κ3) is 4.22. The zero-order valence-electron chi connectivity index (χ0n) is 16.6. The molecule has 1 saturated heterocycles. The van der Waals surface area contributed by atoms with Crippen LogP contribution in [0.2, 0.25) is 0 Å². The van der Waals surface area contributed by atoms with Crippen molar-refractivity contribution in [3.63, 3.8) is 0 Å². The van der Waals surface area contributed by atoms with E-state index in [1.165, 1.54) is 36.4 Å². The molecule has 2 unspecified atom stereocenters. The molecule has 2 aliphatic heterocycles. The lowest BCUT2D eigenvalue weighted by Gasteiger charge is -2.35. The fourth-order valence-electron chi connectivity index (χ4n) is 4.67. The summed E-state index contributed by atoms with van der Waals surface area (Å²) >= 11 is 0. The van der Waals surface area contributed by atoms with E-state index < -0.39 is 6.09 Å². The van der Waals surface area contributed by atoms with E-state index in [0.717, 1.165) is 29.4 Å². The summed E-state index contributed by atoms with van der Waals surface area (Å²) in [6, 6.07) is 17.7. The topological polar surface area (TPSA) is 43.8 Å². The molecule has 2 heterocycles. The molecule has 4 heteroatoms. The first-order valence-corrected chi connectivity index (χ1v) is 10.4. The van der Waals surface area contributed by atoms with Crippen molar-refractivity contribution in [2.75, 3.05) is 26.7 Å². The van der Waals surface area contributed by atoms with Crippen LogP contribution in [0.25, 0.3) is 0 Å². The predicted molar refractivity (Wildman–Crippen MR) is 111 cm³/mol. The largest absolute Gasteiger partial charge is 0.465 e. The molecule has 2 aromatic carbocycles. The number of fused-ring (bicyclic) bond motifs is 2. The van der Waals surface area contributed by atoms with Crippen molar-refractivity contribution >= 4 is 6.09 Å². The van der Waals surface area contributed by atoms with Crippen LogP contribution in [-0.4, -0.2) is 47.7 Å². The maximum atomic E-state index is 11.5. The van der Waals surface area contributed by atoms with Crippen LogP contribution in [0.3, 0.4) is 0 Å². The second-order valence-corrected chi connectivity index (χ2v) is 8.37. The van der Waals surface area contributed by atoms with Crippen molar-refractivity contribution in [3.8, 4) is 0 Å². The standard InChI is InChI=1S/C16H15NO2.C8H15N/c18-16(19)17-11-10-12-6-4-5-9-14(12)15(17)13-7-2-1-3-8-13;1-9-4-2-7-6-8(7)3-5-9/h1-9,15H,10-11H2,(H,18,19);7-8H,2-6H2,1H3/t15-;/m0./s1. The molecule has 28 heavy (non-hydrogen) atoms. The zero-order valence-corrected chi connectivity index (χ0v) is 16.6. The number of amides is 1. The second-order valence-electron chi connectivity index (χ2n) is 8.37. The Labute approximate surface area is 167 Å². The fourth-order valence-corrected chi connectivity index (χ4v) is 4.67. The quantitative estimate of drug-likeness (QED) is 0.785. The van der Waals surface area contributed by atoms with Gasteiger partial charge in [-0.15, -0.1) is 0 Å². The number of hydrogen-bond acceptors (Lipinski definition) is 2. The fraction of sp³-hybridized carbons (Fsp3) is 0.458. The van der Waals surface area contributed by atoms with Crippen LogP contribution in [0.15, 0.2) is 54.6 Å². The van der Waals surface area contributed by atoms with Gasteiger partial charge in [-0.05, 0) is 74.3 Å². The van der Waals surface area contributed by atoms with Gasteiger partial charge in [0, 0.05) is 6.54 Å². The van der Waals surface area contributed by atoms with Gasteiger partial charge < -0.3 is 10.0 Å². The Morgan fingerprint density at radius 3 is 2.25 bits per heavy atom. The first-order valence-electron chi connectivity index (χ1n) is 10.4. The molecule has 1 aliphatic carbocycles. The van der Waals surface area contributed by atoms with Gasteiger partial charge in [-0.1, -0.05) is 54.6 Å². The molecule has 3 atom stereocenters. The third-order valence-corrected chi connectivity index (χ3v) is 6.48. The molecule has 5 rings (SSSR count). The van der Waals surface area contributed by atoms with Crippen molar-refractivity contribution in [2.24, 2.45) is 11.8 Å². The van der Waals surface area contributed by atoms with Gasteiger partial charge in [-0.2, -0.15) is 0 Å². The van der Waals surface area contributed by atoms with Crippen LogP contribution < -0.4 is 0 Å². The summed E-state index contributed by atoms with van der Waals surface area (Å²) < 4.78 is 0. The third-order valence-electron chi connectivity index (χ3n) is 6.48. The molecular weight excluding hydrogens is 348 g/mol. The highest BCUT2D eigenvalue weighted by Gasteiger charge is 2.37. The lowest BCUT2D eigenvalue weighted by molar-refractivity contribution is 0.129. The number of benzene rings is 2. The smallest absolute Gasteiger partial charge is 0.408 e. The Morgan fingerprint density at radius 1 is 0.929 bits per heavy atom. The summed E-state index contributed by atoms with van der Waals surface area (Å²) in [6.45, 7) is 3.24. The van der Waals surface area contributed by atoms with Gasteiger partial charge in [-0.25, -0.2) is 4.79 Å². The lowest BCUT2D eigenvalue weighted by Crippen LogP contribution is -2.39. The number of carboxylic acid groups (broad SMARTS) is 1. The Kier molecular flexibility index (Phi) is 5.67. The first-order chi connectivity index (χ1) is 13.6. The Bertz CT molecular complexity index is 791. The van der Waals surface area contributed by atoms with Gasteiger partial charge in [-0.3, -0.25) is 4.90 Å². The van der Waals surface area contributed by atoms with Crippen LogP contribution in [0.1, 0.15) is 42.0 Å². The van der Waals surface area contributed by atoms with Gasteiger partial charge in [0.15, 0.2) is 0 Å². The van der Waals surface area contributed by atoms with Crippen LogP contribution in [0.4, 0.5) is 4.79 Å². The Morgan fingerprint density at radius 2 is 1.57 bits per heavy atom. The van der Waals surface area contributed by atoms with E-state index in [2.05, 4.69) is 18.0 Å².